The molecule has 2 N–H and O–H groups in total. The molecule has 1 aliphatic rings. The molecule has 76 valence electrons. The van der Waals surface area contributed by atoms with Gasteiger partial charge < -0.3 is 10.6 Å². The lowest BCUT2D eigenvalue weighted by molar-refractivity contribution is 0.816. The van der Waals surface area contributed by atoms with Gasteiger partial charge in [0.2, 0.25) is 0 Å². The van der Waals surface area contributed by atoms with Crippen molar-refractivity contribution in [2.75, 3.05) is 18.0 Å². The zero-order valence-electron chi connectivity index (χ0n) is 8.74. The van der Waals surface area contributed by atoms with Gasteiger partial charge >= 0.3 is 0 Å². The van der Waals surface area contributed by atoms with Gasteiger partial charge in [-0.05, 0) is 37.5 Å². The number of rotatable bonds is 2. The van der Waals surface area contributed by atoms with Crippen LogP contribution in [-0.2, 0) is 0 Å². The van der Waals surface area contributed by atoms with Gasteiger partial charge in [0.1, 0.15) is 0 Å². The smallest absolute Gasteiger partial charge is 0.0369 e. The molecule has 14 heavy (non-hydrogen) atoms. The molecule has 0 unspecified atom stereocenters. The molecule has 2 heteroatoms. The molecular weight excluding hydrogens is 172 g/mol. The molecule has 0 spiro atoms. The average molecular weight is 190 g/mol. The van der Waals surface area contributed by atoms with Gasteiger partial charge in [-0.3, -0.25) is 0 Å². The maximum absolute atomic E-state index is 5.86. The SMILES string of the molecule is C[C@H](N)c1cccc(N2CCCC2)c1. The molecule has 0 saturated carbocycles. The van der Waals surface area contributed by atoms with Crippen molar-refractivity contribution in [3.8, 4) is 0 Å². The third-order valence-electron chi connectivity index (χ3n) is 2.87. The van der Waals surface area contributed by atoms with Gasteiger partial charge in [0, 0.05) is 24.8 Å². The number of nitrogens with two attached hydrogens (primary N) is 1. The van der Waals surface area contributed by atoms with E-state index in [0.717, 1.165) is 0 Å². The summed E-state index contributed by atoms with van der Waals surface area (Å²) in [6.45, 7) is 4.42. The predicted molar refractivity (Wildman–Crippen MR) is 60.5 cm³/mol. The molecule has 1 aromatic rings. The molecule has 0 bridgehead atoms. The predicted octanol–water partition coefficient (Wildman–Crippen LogP) is 2.31. The van der Waals surface area contributed by atoms with Crippen LogP contribution >= 0.6 is 0 Å². The summed E-state index contributed by atoms with van der Waals surface area (Å²) in [5, 5.41) is 0. The summed E-state index contributed by atoms with van der Waals surface area (Å²) in [6.07, 6.45) is 2.64. The van der Waals surface area contributed by atoms with Gasteiger partial charge in [0.25, 0.3) is 0 Å². The fraction of sp³-hybridized carbons (Fsp3) is 0.500. The van der Waals surface area contributed by atoms with Crippen molar-refractivity contribution in [3.05, 3.63) is 29.8 Å². The fourth-order valence-electron chi connectivity index (χ4n) is 1.98. The second-order valence-corrected chi connectivity index (χ2v) is 4.08. The minimum Gasteiger partial charge on any atom is -0.372 e. The fourth-order valence-corrected chi connectivity index (χ4v) is 1.98. The average Bonchev–Trinajstić information content (AvgIpc) is 2.71. The normalized spacial score (nSPS) is 18.6. The van der Waals surface area contributed by atoms with Crippen molar-refractivity contribution in [1.29, 1.82) is 0 Å². The molecule has 1 aromatic carbocycles. The first-order valence-electron chi connectivity index (χ1n) is 5.38. The van der Waals surface area contributed by atoms with Gasteiger partial charge in [-0.15, -0.1) is 0 Å². The quantitative estimate of drug-likeness (QED) is 0.775. The molecule has 2 nitrogen and oxygen atoms in total. The highest BCUT2D eigenvalue weighted by Crippen LogP contribution is 2.22. The van der Waals surface area contributed by atoms with Crippen LogP contribution in [0, 0.1) is 0 Å². The Bertz CT molecular complexity index is 301. The number of anilines is 1. The number of benzene rings is 1. The lowest BCUT2D eigenvalue weighted by atomic mass is 10.1. The van der Waals surface area contributed by atoms with E-state index in [1.54, 1.807) is 0 Å². The summed E-state index contributed by atoms with van der Waals surface area (Å²) in [7, 11) is 0. The lowest BCUT2D eigenvalue weighted by Crippen LogP contribution is -2.18. The Morgan fingerprint density at radius 1 is 1.29 bits per heavy atom. The first-order chi connectivity index (χ1) is 6.77. The zero-order chi connectivity index (χ0) is 9.97. The monoisotopic (exact) mass is 190 g/mol. The van der Waals surface area contributed by atoms with Crippen LogP contribution in [0.3, 0.4) is 0 Å². The minimum atomic E-state index is 0.137. The van der Waals surface area contributed by atoms with Crippen LogP contribution < -0.4 is 10.6 Å². The van der Waals surface area contributed by atoms with E-state index in [-0.39, 0.29) is 6.04 Å². The van der Waals surface area contributed by atoms with Crippen molar-refractivity contribution >= 4 is 5.69 Å². The Kier molecular flexibility index (Phi) is 2.73. The molecule has 2 rings (SSSR count). The van der Waals surface area contributed by atoms with Gasteiger partial charge in [-0.1, -0.05) is 12.1 Å². The highest BCUT2D eigenvalue weighted by Gasteiger charge is 2.12. The van der Waals surface area contributed by atoms with Gasteiger partial charge in [0.05, 0.1) is 0 Å². The molecule has 1 aliphatic heterocycles. The van der Waals surface area contributed by atoms with Crippen LogP contribution in [0.1, 0.15) is 31.4 Å². The van der Waals surface area contributed by atoms with Crippen molar-refractivity contribution in [2.45, 2.75) is 25.8 Å². The highest BCUT2D eigenvalue weighted by atomic mass is 15.1. The van der Waals surface area contributed by atoms with Crippen LogP contribution in [-0.4, -0.2) is 13.1 Å². The van der Waals surface area contributed by atoms with Gasteiger partial charge in [-0.25, -0.2) is 0 Å². The molecule has 1 saturated heterocycles. The number of hydrogen-bond acceptors (Lipinski definition) is 2. The minimum absolute atomic E-state index is 0.137. The van der Waals surface area contributed by atoms with Crippen molar-refractivity contribution in [3.63, 3.8) is 0 Å². The second kappa shape index (κ2) is 4.01. The summed E-state index contributed by atoms with van der Waals surface area (Å²) in [5.41, 5.74) is 8.42. The summed E-state index contributed by atoms with van der Waals surface area (Å²) < 4.78 is 0. The number of hydrogen-bond donors (Lipinski definition) is 1. The molecule has 0 radical (unpaired) electrons. The second-order valence-electron chi connectivity index (χ2n) is 4.08. The third-order valence-corrected chi connectivity index (χ3v) is 2.87. The Hall–Kier alpha value is -1.02. The van der Waals surface area contributed by atoms with Crippen LogP contribution in [0.2, 0.25) is 0 Å². The van der Waals surface area contributed by atoms with E-state index < -0.39 is 0 Å². The maximum atomic E-state index is 5.86. The van der Waals surface area contributed by atoms with E-state index in [4.69, 9.17) is 5.73 Å². The van der Waals surface area contributed by atoms with Crippen LogP contribution in [0.4, 0.5) is 5.69 Å². The Balaban J connectivity index is 2.21. The first kappa shape index (κ1) is 9.53. The van der Waals surface area contributed by atoms with Crippen molar-refractivity contribution in [1.82, 2.24) is 0 Å². The molecule has 1 atom stereocenters. The summed E-state index contributed by atoms with van der Waals surface area (Å²) in [5.74, 6) is 0. The molecular formula is C12H18N2. The number of nitrogens with zero attached hydrogens (tertiary/aromatic N) is 1. The molecule has 0 amide bonds. The Morgan fingerprint density at radius 3 is 2.64 bits per heavy atom. The molecule has 0 aliphatic carbocycles. The molecule has 1 fully saturated rings. The molecule has 0 aromatic heterocycles. The largest absolute Gasteiger partial charge is 0.372 e. The standard InChI is InChI=1S/C12H18N2/c1-10(13)11-5-4-6-12(9-11)14-7-2-3-8-14/h4-6,9-10H,2-3,7-8,13H2,1H3/t10-/m0/s1. The topological polar surface area (TPSA) is 29.3 Å². The summed E-state index contributed by atoms with van der Waals surface area (Å²) in [4.78, 5) is 2.44. The van der Waals surface area contributed by atoms with Gasteiger partial charge in [-0.2, -0.15) is 0 Å². The summed E-state index contributed by atoms with van der Waals surface area (Å²) >= 11 is 0. The highest BCUT2D eigenvalue weighted by molar-refractivity contribution is 5.49. The molecule has 1 heterocycles. The van der Waals surface area contributed by atoms with E-state index in [2.05, 4.69) is 29.2 Å². The summed E-state index contributed by atoms with van der Waals surface area (Å²) in [6, 6.07) is 8.74. The van der Waals surface area contributed by atoms with Crippen LogP contribution in [0.15, 0.2) is 24.3 Å². The van der Waals surface area contributed by atoms with E-state index >= 15 is 0 Å². The van der Waals surface area contributed by atoms with Crippen LogP contribution in [0.5, 0.6) is 0 Å². The third kappa shape index (κ3) is 1.90. The van der Waals surface area contributed by atoms with Crippen molar-refractivity contribution in [2.24, 2.45) is 5.73 Å². The Labute approximate surface area is 85.7 Å². The van der Waals surface area contributed by atoms with E-state index in [1.807, 2.05) is 6.92 Å². The first-order valence-corrected chi connectivity index (χ1v) is 5.38. The van der Waals surface area contributed by atoms with E-state index in [9.17, 15) is 0 Å². The Morgan fingerprint density at radius 2 is 2.00 bits per heavy atom. The maximum Gasteiger partial charge on any atom is 0.0369 e. The van der Waals surface area contributed by atoms with E-state index in [1.165, 1.54) is 37.2 Å². The van der Waals surface area contributed by atoms with E-state index in [0.29, 0.717) is 0 Å². The lowest BCUT2D eigenvalue weighted by Gasteiger charge is -2.19. The van der Waals surface area contributed by atoms with Crippen molar-refractivity contribution < 1.29 is 0 Å². The van der Waals surface area contributed by atoms with Gasteiger partial charge in [0.15, 0.2) is 0 Å². The van der Waals surface area contributed by atoms with Crippen LogP contribution in [0.25, 0.3) is 0 Å². The zero-order valence-corrected chi connectivity index (χ0v) is 8.74.